The van der Waals surface area contributed by atoms with Crippen molar-refractivity contribution >= 4 is 17.6 Å². The molecule has 8 nitrogen and oxygen atoms in total. The van der Waals surface area contributed by atoms with Crippen LogP contribution in [0.25, 0.3) is 0 Å². The number of aromatic nitrogens is 2. The summed E-state index contributed by atoms with van der Waals surface area (Å²) in [5.74, 6) is -0.728. The van der Waals surface area contributed by atoms with Crippen LogP contribution >= 0.6 is 0 Å². The summed E-state index contributed by atoms with van der Waals surface area (Å²) in [6.45, 7) is 1.65. The molecule has 0 saturated carbocycles. The number of alkyl halides is 3. The molecule has 0 fully saturated rings. The van der Waals surface area contributed by atoms with E-state index in [9.17, 15) is 22.8 Å². The van der Waals surface area contributed by atoms with Crippen molar-refractivity contribution in [1.82, 2.24) is 15.3 Å². The highest BCUT2D eigenvalue weighted by molar-refractivity contribution is 5.96. The summed E-state index contributed by atoms with van der Waals surface area (Å²) in [5, 5.41) is 5.29. The molecule has 30 heavy (non-hydrogen) atoms. The molecule has 2 amide bonds. The molecule has 162 valence electrons. The number of carbonyl (C=O) groups excluding carboxylic acids is 2. The lowest BCUT2D eigenvalue weighted by molar-refractivity contribution is -0.154. The van der Waals surface area contributed by atoms with Gasteiger partial charge in [-0.3, -0.25) is 9.59 Å². The number of anilines is 1. The van der Waals surface area contributed by atoms with Crippen molar-refractivity contribution in [1.29, 1.82) is 0 Å². The second-order valence-corrected chi connectivity index (χ2v) is 6.38. The van der Waals surface area contributed by atoms with Gasteiger partial charge in [-0.2, -0.15) is 13.2 Å². The Morgan fingerprint density at radius 1 is 1.23 bits per heavy atom. The summed E-state index contributed by atoms with van der Waals surface area (Å²) in [6.07, 6.45) is -3.16. The minimum atomic E-state index is -4.47. The van der Waals surface area contributed by atoms with E-state index in [0.29, 0.717) is 11.3 Å². The van der Waals surface area contributed by atoms with Gasteiger partial charge in [0.1, 0.15) is 5.82 Å². The van der Waals surface area contributed by atoms with E-state index in [4.69, 9.17) is 4.74 Å². The molecule has 1 atom stereocenters. The van der Waals surface area contributed by atoms with Crippen LogP contribution in [0.3, 0.4) is 0 Å². The maximum Gasteiger partial charge on any atom is 0.422 e. The summed E-state index contributed by atoms with van der Waals surface area (Å²) < 4.78 is 46.4. The van der Waals surface area contributed by atoms with Crippen molar-refractivity contribution in [3.05, 3.63) is 47.3 Å². The van der Waals surface area contributed by atoms with Gasteiger partial charge in [-0.05, 0) is 30.7 Å². The molecular weight excluding hydrogens is 405 g/mol. The van der Waals surface area contributed by atoms with Gasteiger partial charge in [0, 0.05) is 37.6 Å². The second-order valence-electron chi connectivity index (χ2n) is 6.38. The number of hydrogen-bond donors (Lipinski definition) is 2. The Kier molecular flexibility index (Phi) is 7.70. The monoisotopic (exact) mass is 426 g/mol. The van der Waals surface area contributed by atoms with Gasteiger partial charge < -0.3 is 20.1 Å². The first-order valence-electron chi connectivity index (χ1n) is 8.79. The average Bonchev–Trinajstić information content (AvgIpc) is 2.65. The van der Waals surface area contributed by atoms with Gasteiger partial charge in [0.25, 0.3) is 5.91 Å². The van der Waals surface area contributed by atoms with Crippen LogP contribution in [0.15, 0.2) is 30.5 Å². The maximum atomic E-state index is 12.7. The van der Waals surface area contributed by atoms with Crippen LogP contribution in [0, 0.1) is 6.92 Å². The van der Waals surface area contributed by atoms with Gasteiger partial charge in [0.2, 0.25) is 11.8 Å². The first-order chi connectivity index (χ1) is 14.1. The number of rotatable bonds is 8. The van der Waals surface area contributed by atoms with Gasteiger partial charge in [-0.1, -0.05) is 0 Å². The highest BCUT2D eigenvalue weighted by atomic mass is 19.4. The third kappa shape index (κ3) is 7.32. The summed E-state index contributed by atoms with van der Waals surface area (Å²) in [5.41, 5.74) is 1.31. The second kappa shape index (κ2) is 10.0. The fraction of sp³-hybridized carbons (Fsp3) is 0.368. The van der Waals surface area contributed by atoms with Crippen LogP contribution < -0.4 is 15.4 Å². The molecular formula is C19H21F3N4O4. The first kappa shape index (κ1) is 23.1. The van der Waals surface area contributed by atoms with E-state index in [2.05, 4.69) is 25.3 Å². The van der Waals surface area contributed by atoms with Crippen molar-refractivity contribution in [3.63, 3.8) is 0 Å². The highest BCUT2D eigenvalue weighted by Gasteiger charge is 2.28. The van der Waals surface area contributed by atoms with E-state index in [1.54, 1.807) is 13.0 Å². The lowest BCUT2D eigenvalue weighted by atomic mass is 10.1. The molecule has 2 aromatic rings. The zero-order chi connectivity index (χ0) is 22.3. The Morgan fingerprint density at radius 2 is 1.97 bits per heavy atom. The molecule has 0 aliphatic rings. The number of aryl methyl sites for hydroxylation is 1. The predicted octanol–water partition coefficient (Wildman–Crippen LogP) is 2.80. The van der Waals surface area contributed by atoms with Crippen LogP contribution in [0.1, 0.15) is 34.6 Å². The van der Waals surface area contributed by atoms with Gasteiger partial charge in [-0.15, -0.1) is 0 Å². The zero-order valence-electron chi connectivity index (χ0n) is 16.5. The third-order valence-corrected chi connectivity index (χ3v) is 3.70. The third-order valence-electron chi connectivity index (χ3n) is 3.70. The lowest BCUT2D eigenvalue weighted by Gasteiger charge is -2.19. The van der Waals surface area contributed by atoms with Crippen LogP contribution in [0.5, 0.6) is 5.88 Å². The minimum absolute atomic E-state index is 0.0960. The predicted molar refractivity (Wildman–Crippen MR) is 101 cm³/mol. The number of carbonyl (C=O) groups is 2. The quantitative estimate of drug-likeness (QED) is 0.673. The smallest absolute Gasteiger partial charge is 0.422 e. The average molecular weight is 426 g/mol. The topological polar surface area (TPSA) is 102 Å². The van der Waals surface area contributed by atoms with Crippen LogP contribution in [0.4, 0.5) is 19.0 Å². The zero-order valence-corrected chi connectivity index (χ0v) is 16.5. The van der Waals surface area contributed by atoms with Crippen LogP contribution in [-0.4, -0.2) is 48.3 Å². The summed E-state index contributed by atoms with van der Waals surface area (Å²) in [6, 6.07) is 5.13. The van der Waals surface area contributed by atoms with E-state index in [1.807, 2.05) is 0 Å². The molecule has 0 bridgehead atoms. The Bertz CT molecular complexity index is 888. The molecule has 0 aliphatic heterocycles. The molecule has 0 saturated heterocycles. The normalized spacial score (nSPS) is 12.2. The molecule has 2 rings (SSSR count). The molecule has 2 N–H and O–H groups in total. The van der Waals surface area contributed by atoms with Crippen molar-refractivity contribution in [2.24, 2.45) is 0 Å². The van der Waals surface area contributed by atoms with Crippen LogP contribution in [0.2, 0.25) is 0 Å². The van der Waals surface area contributed by atoms with E-state index in [0.717, 1.165) is 0 Å². The van der Waals surface area contributed by atoms with Crippen molar-refractivity contribution in [2.45, 2.75) is 26.1 Å². The fourth-order valence-electron chi connectivity index (χ4n) is 2.51. The largest absolute Gasteiger partial charge is 0.468 e. The Hall–Kier alpha value is -3.21. The number of hydrogen-bond acceptors (Lipinski definition) is 6. The van der Waals surface area contributed by atoms with Gasteiger partial charge in [-0.25, -0.2) is 9.97 Å². The number of nitrogens with one attached hydrogen (secondary N) is 2. The lowest BCUT2D eigenvalue weighted by Crippen LogP contribution is -2.31. The van der Waals surface area contributed by atoms with Gasteiger partial charge in [0.05, 0.1) is 12.6 Å². The summed E-state index contributed by atoms with van der Waals surface area (Å²) >= 11 is 0. The molecule has 2 aromatic heterocycles. The van der Waals surface area contributed by atoms with Crippen molar-refractivity contribution < 1.29 is 32.2 Å². The van der Waals surface area contributed by atoms with Gasteiger partial charge >= 0.3 is 6.18 Å². The number of pyridine rings is 2. The molecule has 0 spiro atoms. The standard InChI is InChI=1S/C19H21F3N4O4/c1-11-6-14(7-16(24-11)25-12(2)27)18(28)26-15(9-29-3)13-4-5-17(23-8-13)30-10-19(20,21)22/h4-8,15H,9-10H2,1-3H3,(H,26,28)(H,24,25,27). The number of ether oxygens (including phenoxy) is 2. The van der Waals surface area contributed by atoms with E-state index < -0.39 is 24.7 Å². The molecule has 11 heteroatoms. The van der Waals surface area contributed by atoms with Crippen molar-refractivity contribution in [3.8, 4) is 5.88 Å². The minimum Gasteiger partial charge on any atom is -0.468 e. The van der Waals surface area contributed by atoms with Crippen molar-refractivity contribution in [2.75, 3.05) is 25.6 Å². The Labute approximate surface area is 170 Å². The van der Waals surface area contributed by atoms with E-state index in [-0.39, 0.29) is 29.8 Å². The van der Waals surface area contributed by atoms with E-state index >= 15 is 0 Å². The number of methoxy groups -OCH3 is 1. The molecule has 2 heterocycles. The highest BCUT2D eigenvalue weighted by Crippen LogP contribution is 2.20. The SMILES string of the molecule is COCC(NC(=O)c1cc(C)nc(NC(C)=O)c1)c1ccc(OCC(F)(F)F)nc1. The van der Waals surface area contributed by atoms with Gasteiger partial charge in [0.15, 0.2) is 6.61 Å². The molecule has 0 radical (unpaired) electrons. The molecule has 0 aromatic carbocycles. The summed E-state index contributed by atoms with van der Waals surface area (Å²) in [4.78, 5) is 31.9. The Balaban J connectivity index is 2.14. The number of amides is 2. The van der Waals surface area contributed by atoms with Crippen LogP contribution in [-0.2, 0) is 9.53 Å². The number of nitrogens with zero attached hydrogens (tertiary/aromatic N) is 2. The number of halogens is 3. The summed E-state index contributed by atoms with van der Waals surface area (Å²) in [7, 11) is 1.44. The fourth-order valence-corrected chi connectivity index (χ4v) is 2.51. The maximum absolute atomic E-state index is 12.7. The molecule has 0 aliphatic carbocycles. The molecule has 1 unspecified atom stereocenters. The Morgan fingerprint density at radius 3 is 2.53 bits per heavy atom. The first-order valence-corrected chi connectivity index (χ1v) is 8.79. The van der Waals surface area contributed by atoms with E-state index in [1.165, 1.54) is 38.4 Å².